The molecule has 158 valence electrons. The van der Waals surface area contributed by atoms with Gasteiger partial charge in [0.05, 0.1) is 22.4 Å². The Morgan fingerprint density at radius 3 is 2.97 bits per heavy atom. The molecule has 1 fully saturated rings. The minimum Gasteiger partial charge on any atom is -0.488 e. The summed E-state index contributed by atoms with van der Waals surface area (Å²) in [6.45, 7) is 1.17. The van der Waals surface area contributed by atoms with Crippen molar-refractivity contribution < 1.29 is 23.0 Å². The van der Waals surface area contributed by atoms with E-state index in [-0.39, 0.29) is 24.8 Å². The number of hydrogen-bond acceptors (Lipinski definition) is 5. The first kappa shape index (κ1) is 20.8. The van der Waals surface area contributed by atoms with E-state index < -0.39 is 17.7 Å². The standard InChI is InChI=1S/C20H18ClF2N3O3S/c21-19-4-3-18(30-19)16-5-6-26(24-16)11-20(27)25-7-8-28-14(10-25)12-29-17-9-13(22)1-2-15(17)23/h1-6,9,14H,7-8,10-12H2. The lowest BCUT2D eigenvalue weighted by atomic mass is 10.2. The second-order valence-electron chi connectivity index (χ2n) is 6.72. The molecule has 0 spiro atoms. The van der Waals surface area contributed by atoms with Gasteiger partial charge in [-0.3, -0.25) is 9.48 Å². The number of carbonyl (C=O) groups excluding carboxylic acids is 1. The monoisotopic (exact) mass is 453 g/mol. The lowest BCUT2D eigenvalue weighted by Crippen LogP contribution is -2.48. The molecule has 0 radical (unpaired) electrons. The fourth-order valence-electron chi connectivity index (χ4n) is 3.09. The number of nitrogens with zero attached hydrogens (tertiary/aromatic N) is 3. The van der Waals surface area contributed by atoms with Crippen molar-refractivity contribution in [3.05, 3.63) is 58.6 Å². The number of amides is 1. The molecule has 1 saturated heterocycles. The summed E-state index contributed by atoms with van der Waals surface area (Å²) in [5.74, 6) is -1.53. The molecule has 1 atom stereocenters. The van der Waals surface area contributed by atoms with Gasteiger partial charge in [0, 0.05) is 18.8 Å². The molecule has 4 rings (SSSR count). The van der Waals surface area contributed by atoms with E-state index in [1.165, 1.54) is 11.3 Å². The van der Waals surface area contributed by atoms with Gasteiger partial charge in [-0.1, -0.05) is 11.6 Å². The molecule has 1 unspecified atom stereocenters. The zero-order chi connectivity index (χ0) is 21.1. The van der Waals surface area contributed by atoms with Crippen LogP contribution in [0.3, 0.4) is 0 Å². The normalized spacial score (nSPS) is 16.6. The molecular formula is C20H18ClF2N3O3S. The molecule has 0 bridgehead atoms. The van der Waals surface area contributed by atoms with E-state index in [0.29, 0.717) is 24.0 Å². The predicted octanol–water partition coefficient (Wildman–Crippen LogP) is 3.85. The zero-order valence-electron chi connectivity index (χ0n) is 15.8. The second kappa shape index (κ2) is 9.11. The van der Waals surface area contributed by atoms with Crippen LogP contribution in [0.15, 0.2) is 42.6 Å². The van der Waals surface area contributed by atoms with Crippen LogP contribution in [0.1, 0.15) is 0 Å². The molecule has 1 aliphatic rings. The minimum absolute atomic E-state index is 0.00914. The predicted molar refractivity (Wildman–Crippen MR) is 109 cm³/mol. The van der Waals surface area contributed by atoms with Gasteiger partial charge in [0.25, 0.3) is 0 Å². The highest BCUT2D eigenvalue weighted by molar-refractivity contribution is 7.19. The lowest BCUT2D eigenvalue weighted by molar-refractivity contribution is -0.140. The fourth-order valence-corrected chi connectivity index (χ4v) is 4.10. The lowest BCUT2D eigenvalue weighted by Gasteiger charge is -2.32. The number of thiophene rings is 1. The third kappa shape index (κ3) is 4.97. The summed E-state index contributed by atoms with van der Waals surface area (Å²) in [4.78, 5) is 15.3. The van der Waals surface area contributed by atoms with Gasteiger partial charge in [0.1, 0.15) is 30.8 Å². The van der Waals surface area contributed by atoms with E-state index >= 15 is 0 Å². The summed E-state index contributed by atoms with van der Waals surface area (Å²) in [6.07, 6.45) is 1.31. The molecule has 1 aromatic carbocycles. The maximum Gasteiger partial charge on any atom is 0.244 e. The van der Waals surface area contributed by atoms with Crippen LogP contribution in [0.4, 0.5) is 8.78 Å². The molecule has 3 aromatic rings. The Labute approximate surface area is 180 Å². The van der Waals surface area contributed by atoms with Gasteiger partial charge in [-0.15, -0.1) is 11.3 Å². The van der Waals surface area contributed by atoms with E-state index in [1.807, 2.05) is 12.1 Å². The first-order chi connectivity index (χ1) is 14.5. The number of aromatic nitrogens is 2. The maximum atomic E-state index is 13.7. The Balaban J connectivity index is 1.32. The smallest absolute Gasteiger partial charge is 0.244 e. The second-order valence-corrected chi connectivity index (χ2v) is 8.44. The van der Waals surface area contributed by atoms with Gasteiger partial charge >= 0.3 is 0 Å². The molecule has 3 heterocycles. The van der Waals surface area contributed by atoms with E-state index in [1.54, 1.807) is 21.8 Å². The third-order valence-corrected chi connectivity index (χ3v) is 5.83. The Bertz CT molecular complexity index is 1040. The van der Waals surface area contributed by atoms with Crippen LogP contribution >= 0.6 is 22.9 Å². The molecule has 2 aromatic heterocycles. The van der Waals surface area contributed by atoms with Gasteiger partial charge in [-0.2, -0.15) is 5.10 Å². The summed E-state index contributed by atoms with van der Waals surface area (Å²) in [5, 5.41) is 4.43. The Hall–Kier alpha value is -2.49. The van der Waals surface area contributed by atoms with Crippen LogP contribution in [0.5, 0.6) is 5.75 Å². The minimum atomic E-state index is -0.651. The molecule has 0 saturated carbocycles. The van der Waals surface area contributed by atoms with E-state index in [4.69, 9.17) is 21.1 Å². The van der Waals surface area contributed by atoms with E-state index in [9.17, 15) is 13.6 Å². The van der Waals surface area contributed by atoms with Gasteiger partial charge in [0.15, 0.2) is 11.6 Å². The largest absolute Gasteiger partial charge is 0.488 e. The molecular weight excluding hydrogens is 436 g/mol. The van der Waals surface area contributed by atoms with Gasteiger partial charge < -0.3 is 14.4 Å². The van der Waals surface area contributed by atoms with Crippen LogP contribution in [-0.4, -0.2) is 53.0 Å². The van der Waals surface area contributed by atoms with Crippen molar-refractivity contribution >= 4 is 28.8 Å². The fraction of sp³-hybridized carbons (Fsp3) is 0.300. The summed E-state index contributed by atoms with van der Waals surface area (Å²) in [6, 6.07) is 8.53. The average molecular weight is 454 g/mol. The molecule has 30 heavy (non-hydrogen) atoms. The number of benzene rings is 1. The van der Waals surface area contributed by atoms with Crippen molar-refractivity contribution in [3.8, 4) is 16.3 Å². The molecule has 0 N–H and O–H groups in total. The van der Waals surface area contributed by atoms with Crippen molar-refractivity contribution in [2.75, 3.05) is 26.3 Å². The van der Waals surface area contributed by atoms with Crippen LogP contribution in [0, 0.1) is 11.6 Å². The van der Waals surface area contributed by atoms with Crippen LogP contribution < -0.4 is 4.74 Å². The highest BCUT2D eigenvalue weighted by atomic mass is 35.5. The number of morpholine rings is 1. The Morgan fingerprint density at radius 1 is 1.30 bits per heavy atom. The Kier molecular flexibility index (Phi) is 6.31. The summed E-state index contributed by atoms with van der Waals surface area (Å²) in [7, 11) is 0. The van der Waals surface area contributed by atoms with E-state index in [0.717, 1.165) is 28.8 Å². The first-order valence-corrected chi connectivity index (χ1v) is 10.4. The molecule has 10 heteroatoms. The highest BCUT2D eigenvalue weighted by Crippen LogP contribution is 2.29. The van der Waals surface area contributed by atoms with E-state index in [2.05, 4.69) is 5.10 Å². The average Bonchev–Trinajstić information content (AvgIpc) is 3.38. The number of rotatable bonds is 6. The van der Waals surface area contributed by atoms with Crippen LogP contribution in [0.25, 0.3) is 10.6 Å². The number of halogens is 3. The van der Waals surface area contributed by atoms with Crippen LogP contribution in [-0.2, 0) is 16.1 Å². The highest BCUT2D eigenvalue weighted by Gasteiger charge is 2.25. The summed E-state index contributed by atoms with van der Waals surface area (Å²) in [5.41, 5.74) is 0.755. The quantitative estimate of drug-likeness (QED) is 0.569. The van der Waals surface area contributed by atoms with Gasteiger partial charge in [-0.25, -0.2) is 8.78 Å². The maximum absolute atomic E-state index is 13.7. The van der Waals surface area contributed by atoms with Gasteiger partial charge in [0.2, 0.25) is 5.91 Å². The van der Waals surface area contributed by atoms with Crippen molar-refractivity contribution in [1.82, 2.24) is 14.7 Å². The summed E-state index contributed by atoms with van der Waals surface area (Å²) >= 11 is 7.38. The molecule has 6 nitrogen and oxygen atoms in total. The first-order valence-electron chi connectivity index (χ1n) is 9.24. The van der Waals surface area contributed by atoms with Crippen molar-refractivity contribution in [1.29, 1.82) is 0 Å². The number of ether oxygens (including phenoxy) is 2. The molecule has 1 aliphatic heterocycles. The van der Waals surface area contributed by atoms with Crippen LogP contribution in [0.2, 0.25) is 4.34 Å². The number of hydrogen-bond donors (Lipinski definition) is 0. The molecule has 1 amide bonds. The zero-order valence-corrected chi connectivity index (χ0v) is 17.3. The molecule has 0 aliphatic carbocycles. The van der Waals surface area contributed by atoms with Crippen molar-refractivity contribution in [3.63, 3.8) is 0 Å². The summed E-state index contributed by atoms with van der Waals surface area (Å²) < 4.78 is 40.1. The third-order valence-electron chi connectivity index (χ3n) is 4.57. The van der Waals surface area contributed by atoms with Crippen molar-refractivity contribution in [2.24, 2.45) is 0 Å². The SMILES string of the molecule is O=C(Cn1ccc(-c2ccc(Cl)s2)n1)N1CCOC(COc2cc(F)ccc2F)C1. The number of carbonyl (C=O) groups is 1. The van der Waals surface area contributed by atoms with Gasteiger partial charge in [-0.05, 0) is 30.3 Å². The van der Waals surface area contributed by atoms with Crippen molar-refractivity contribution in [2.45, 2.75) is 12.6 Å². The Morgan fingerprint density at radius 2 is 2.17 bits per heavy atom. The topological polar surface area (TPSA) is 56.6 Å².